The molecular weight excluding hydrogens is 302 g/mol. The number of aromatic amines is 1. The predicted molar refractivity (Wildman–Crippen MR) is 97.2 cm³/mol. The summed E-state index contributed by atoms with van der Waals surface area (Å²) >= 11 is 1.65. The van der Waals surface area contributed by atoms with Gasteiger partial charge in [0.1, 0.15) is 5.82 Å². The van der Waals surface area contributed by atoms with E-state index < -0.39 is 0 Å². The zero-order valence-corrected chi connectivity index (χ0v) is 14.1. The SMILES string of the molecule is Cc1ccc(C)c(CSc2n[nH]c(/C=C/c3ccccc3)n2)c1. The van der Waals surface area contributed by atoms with Gasteiger partial charge in [-0.25, -0.2) is 4.98 Å². The Hall–Kier alpha value is -2.33. The fourth-order valence-electron chi connectivity index (χ4n) is 2.23. The molecule has 1 N–H and O–H groups in total. The van der Waals surface area contributed by atoms with Gasteiger partial charge in [0.15, 0.2) is 0 Å². The Morgan fingerprint density at radius 1 is 1.04 bits per heavy atom. The second-order valence-corrected chi connectivity index (χ2v) is 6.41. The Labute approximate surface area is 140 Å². The second kappa shape index (κ2) is 7.29. The van der Waals surface area contributed by atoms with Crippen molar-refractivity contribution in [3.63, 3.8) is 0 Å². The number of H-pyrrole nitrogens is 1. The van der Waals surface area contributed by atoms with Crippen molar-refractivity contribution in [3.05, 3.63) is 76.6 Å². The Morgan fingerprint density at radius 2 is 1.87 bits per heavy atom. The summed E-state index contributed by atoms with van der Waals surface area (Å²) in [7, 11) is 0. The monoisotopic (exact) mass is 321 g/mol. The van der Waals surface area contributed by atoms with E-state index >= 15 is 0 Å². The van der Waals surface area contributed by atoms with Crippen molar-refractivity contribution < 1.29 is 0 Å². The van der Waals surface area contributed by atoms with Gasteiger partial charge in [0.2, 0.25) is 5.16 Å². The molecule has 0 radical (unpaired) electrons. The molecule has 0 amide bonds. The third-order valence-corrected chi connectivity index (χ3v) is 4.47. The van der Waals surface area contributed by atoms with Gasteiger partial charge >= 0.3 is 0 Å². The smallest absolute Gasteiger partial charge is 0.209 e. The van der Waals surface area contributed by atoms with Crippen LogP contribution < -0.4 is 0 Å². The summed E-state index contributed by atoms with van der Waals surface area (Å²) in [5.74, 6) is 1.66. The highest BCUT2D eigenvalue weighted by molar-refractivity contribution is 7.98. The quantitative estimate of drug-likeness (QED) is 0.681. The summed E-state index contributed by atoms with van der Waals surface area (Å²) in [5, 5.41) is 8.02. The molecule has 4 heteroatoms. The van der Waals surface area contributed by atoms with Crippen LogP contribution >= 0.6 is 11.8 Å². The molecule has 0 bridgehead atoms. The van der Waals surface area contributed by atoms with E-state index in [9.17, 15) is 0 Å². The van der Waals surface area contributed by atoms with E-state index in [1.54, 1.807) is 11.8 Å². The molecule has 0 unspecified atom stereocenters. The van der Waals surface area contributed by atoms with Crippen LogP contribution in [0.5, 0.6) is 0 Å². The molecule has 0 aliphatic heterocycles. The van der Waals surface area contributed by atoms with Gasteiger partial charge in [0.25, 0.3) is 0 Å². The van der Waals surface area contributed by atoms with E-state index in [1.807, 2.05) is 30.4 Å². The second-order valence-electron chi connectivity index (χ2n) is 5.47. The molecule has 0 saturated heterocycles. The molecule has 0 aliphatic rings. The maximum absolute atomic E-state index is 4.50. The van der Waals surface area contributed by atoms with Crippen LogP contribution in [0.2, 0.25) is 0 Å². The van der Waals surface area contributed by atoms with Crippen LogP contribution in [0, 0.1) is 13.8 Å². The van der Waals surface area contributed by atoms with Crippen LogP contribution in [0.4, 0.5) is 0 Å². The summed E-state index contributed by atoms with van der Waals surface area (Å²) < 4.78 is 0. The van der Waals surface area contributed by atoms with Gasteiger partial charge in [0.05, 0.1) is 0 Å². The Morgan fingerprint density at radius 3 is 2.70 bits per heavy atom. The standard InChI is InChI=1S/C19H19N3S/c1-14-8-9-15(2)17(12-14)13-23-19-20-18(21-22-19)11-10-16-6-4-3-5-7-16/h3-12H,13H2,1-2H3,(H,20,21,22)/b11-10+. The zero-order chi connectivity index (χ0) is 16.1. The van der Waals surface area contributed by atoms with E-state index in [2.05, 4.69) is 59.4 Å². The van der Waals surface area contributed by atoms with Crippen molar-refractivity contribution >= 4 is 23.9 Å². The Kier molecular flexibility index (Phi) is 4.93. The lowest BCUT2D eigenvalue weighted by Crippen LogP contribution is -1.88. The van der Waals surface area contributed by atoms with E-state index in [0.717, 1.165) is 22.3 Å². The van der Waals surface area contributed by atoms with Crippen molar-refractivity contribution in [1.82, 2.24) is 15.2 Å². The number of rotatable bonds is 5. The fourth-order valence-corrected chi connectivity index (χ4v) is 3.10. The lowest BCUT2D eigenvalue weighted by molar-refractivity contribution is 0.972. The molecule has 116 valence electrons. The number of aryl methyl sites for hydroxylation is 2. The number of thioether (sulfide) groups is 1. The van der Waals surface area contributed by atoms with Crippen molar-refractivity contribution in [2.75, 3.05) is 0 Å². The molecule has 0 fully saturated rings. The Bertz CT molecular complexity index is 806. The summed E-state index contributed by atoms with van der Waals surface area (Å²) in [6.45, 7) is 4.26. The average Bonchev–Trinajstić information content (AvgIpc) is 3.03. The summed E-state index contributed by atoms with van der Waals surface area (Å²) in [6.07, 6.45) is 3.98. The molecule has 0 spiro atoms. The van der Waals surface area contributed by atoms with E-state index in [0.29, 0.717) is 0 Å². The third-order valence-electron chi connectivity index (χ3n) is 3.58. The van der Waals surface area contributed by atoms with Gasteiger partial charge in [-0.2, -0.15) is 0 Å². The van der Waals surface area contributed by atoms with Crippen molar-refractivity contribution in [2.24, 2.45) is 0 Å². The Balaban J connectivity index is 1.63. The highest BCUT2D eigenvalue weighted by atomic mass is 32.2. The highest BCUT2D eigenvalue weighted by Crippen LogP contribution is 2.22. The molecule has 0 aliphatic carbocycles. The highest BCUT2D eigenvalue weighted by Gasteiger charge is 2.04. The van der Waals surface area contributed by atoms with Crippen LogP contribution in [0.1, 0.15) is 28.1 Å². The maximum Gasteiger partial charge on any atom is 0.209 e. The van der Waals surface area contributed by atoms with E-state index in [4.69, 9.17) is 0 Å². The van der Waals surface area contributed by atoms with Gasteiger partial charge in [0, 0.05) is 5.75 Å². The first-order valence-corrected chi connectivity index (χ1v) is 8.54. The molecule has 3 aromatic rings. The van der Waals surface area contributed by atoms with Gasteiger partial charge in [-0.1, -0.05) is 71.9 Å². The number of benzene rings is 2. The molecule has 0 atom stereocenters. The largest absolute Gasteiger partial charge is 0.259 e. The number of nitrogens with zero attached hydrogens (tertiary/aromatic N) is 2. The van der Waals surface area contributed by atoms with Crippen molar-refractivity contribution in [2.45, 2.75) is 24.8 Å². The van der Waals surface area contributed by atoms with Gasteiger partial charge < -0.3 is 0 Å². The molecule has 1 aromatic heterocycles. The molecule has 2 aromatic carbocycles. The zero-order valence-electron chi connectivity index (χ0n) is 13.3. The van der Waals surface area contributed by atoms with E-state index in [-0.39, 0.29) is 0 Å². The van der Waals surface area contributed by atoms with Crippen LogP contribution in [-0.2, 0) is 5.75 Å². The third kappa shape index (κ3) is 4.33. The number of nitrogens with one attached hydrogen (secondary N) is 1. The molecule has 3 rings (SSSR count). The molecular formula is C19H19N3S. The van der Waals surface area contributed by atoms with Crippen LogP contribution in [0.15, 0.2) is 53.7 Å². The van der Waals surface area contributed by atoms with Crippen LogP contribution in [0.25, 0.3) is 12.2 Å². The average molecular weight is 321 g/mol. The first kappa shape index (κ1) is 15.6. The van der Waals surface area contributed by atoms with Gasteiger partial charge in [-0.05, 0) is 36.6 Å². The maximum atomic E-state index is 4.50. The fraction of sp³-hybridized carbons (Fsp3) is 0.158. The normalized spacial score (nSPS) is 11.2. The number of aromatic nitrogens is 3. The van der Waals surface area contributed by atoms with Crippen LogP contribution in [-0.4, -0.2) is 15.2 Å². The minimum atomic E-state index is 0.775. The van der Waals surface area contributed by atoms with Gasteiger partial charge in [-0.15, -0.1) is 5.10 Å². The lowest BCUT2D eigenvalue weighted by atomic mass is 10.1. The summed E-state index contributed by atoms with van der Waals surface area (Å²) in [6, 6.07) is 16.7. The summed E-state index contributed by atoms with van der Waals surface area (Å²) in [4.78, 5) is 4.50. The van der Waals surface area contributed by atoms with Crippen molar-refractivity contribution in [1.29, 1.82) is 0 Å². The number of hydrogen-bond donors (Lipinski definition) is 1. The molecule has 0 saturated carbocycles. The predicted octanol–water partition coefficient (Wildman–Crippen LogP) is 4.88. The minimum Gasteiger partial charge on any atom is -0.259 e. The van der Waals surface area contributed by atoms with Crippen molar-refractivity contribution in [3.8, 4) is 0 Å². The molecule has 3 nitrogen and oxygen atoms in total. The summed E-state index contributed by atoms with van der Waals surface area (Å²) in [5.41, 5.74) is 5.07. The molecule has 1 heterocycles. The van der Waals surface area contributed by atoms with Crippen LogP contribution in [0.3, 0.4) is 0 Å². The molecule has 23 heavy (non-hydrogen) atoms. The topological polar surface area (TPSA) is 41.6 Å². The number of hydrogen-bond acceptors (Lipinski definition) is 3. The first-order valence-electron chi connectivity index (χ1n) is 7.55. The lowest BCUT2D eigenvalue weighted by Gasteiger charge is -2.04. The first-order chi connectivity index (χ1) is 11.2. The van der Waals surface area contributed by atoms with Gasteiger partial charge in [-0.3, -0.25) is 5.10 Å². The van der Waals surface area contributed by atoms with E-state index in [1.165, 1.54) is 16.7 Å². The minimum absolute atomic E-state index is 0.775.